The Bertz CT molecular complexity index is 171. The highest BCUT2D eigenvalue weighted by molar-refractivity contribution is 5.02. The smallest absolute Gasteiger partial charge is 0.0271 e. The molecule has 2 nitrogen and oxygen atoms in total. The molecule has 0 saturated carbocycles. The molecular weight excluding hydrogens is 172 g/mol. The van der Waals surface area contributed by atoms with Crippen molar-refractivity contribution in [3.8, 4) is 0 Å². The van der Waals surface area contributed by atoms with E-state index in [1.807, 2.05) is 0 Å². The van der Waals surface area contributed by atoms with Gasteiger partial charge in [-0.25, -0.2) is 0 Å². The van der Waals surface area contributed by atoms with Gasteiger partial charge in [-0.15, -0.1) is 0 Å². The van der Waals surface area contributed by atoms with Gasteiger partial charge in [-0.1, -0.05) is 19.9 Å². The summed E-state index contributed by atoms with van der Waals surface area (Å²) in [5.41, 5.74) is 1.48. The fraction of sp³-hybridized carbons (Fsp3) is 0.833. The van der Waals surface area contributed by atoms with Gasteiger partial charge in [0, 0.05) is 18.8 Å². The van der Waals surface area contributed by atoms with E-state index in [0.29, 0.717) is 0 Å². The van der Waals surface area contributed by atoms with Gasteiger partial charge in [-0.05, 0) is 38.8 Å². The summed E-state index contributed by atoms with van der Waals surface area (Å²) in [6, 6.07) is 0. The lowest BCUT2D eigenvalue weighted by Gasteiger charge is -2.20. The number of nitrogens with zero attached hydrogens (tertiary/aromatic N) is 1. The maximum atomic E-state index is 3.54. The topological polar surface area (TPSA) is 15.3 Å². The van der Waals surface area contributed by atoms with E-state index in [2.05, 4.69) is 30.1 Å². The van der Waals surface area contributed by atoms with Gasteiger partial charge in [0.05, 0.1) is 0 Å². The van der Waals surface area contributed by atoms with Gasteiger partial charge in [0.15, 0.2) is 0 Å². The third-order valence-corrected chi connectivity index (χ3v) is 2.97. The molecule has 0 atom stereocenters. The van der Waals surface area contributed by atoms with Gasteiger partial charge in [-0.2, -0.15) is 0 Å². The predicted molar refractivity (Wildman–Crippen MR) is 62.3 cm³/mol. The standard InChI is InChI=1S/C12H24N2/c1-3-14(4-2)11-10-13-12-8-6-5-7-9-12/h8,13H,3-7,9-11H2,1-2H3. The highest BCUT2D eigenvalue weighted by Gasteiger charge is 2.03. The van der Waals surface area contributed by atoms with Gasteiger partial charge in [-0.3, -0.25) is 0 Å². The number of nitrogens with one attached hydrogen (secondary N) is 1. The molecule has 1 rings (SSSR count). The van der Waals surface area contributed by atoms with Crippen molar-refractivity contribution >= 4 is 0 Å². The molecule has 0 heterocycles. The zero-order chi connectivity index (χ0) is 10.2. The molecule has 0 fully saturated rings. The van der Waals surface area contributed by atoms with Crippen molar-refractivity contribution in [2.24, 2.45) is 0 Å². The lowest BCUT2D eigenvalue weighted by atomic mass is 10.1. The summed E-state index contributed by atoms with van der Waals surface area (Å²) >= 11 is 0. The van der Waals surface area contributed by atoms with Crippen LogP contribution in [0.2, 0.25) is 0 Å². The zero-order valence-corrected chi connectivity index (χ0v) is 9.68. The molecule has 0 amide bonds. The Kier molecular flexibility index (Phi) is 5.69. The largest absolute Gasteiger partial charge is 0.387 e. The first-order valence-corrected chi connectivity index (χ1v) is 6.02. The second-order valence-electron chi connectivity index (χ2n) is 3.93. The van der Waals surface area contributed by atoms with E-state index in [4.69, 9.17) is 0 Å². The number of hydrogen-bond donors (Lipinski definition) is 1. The lowest BCUT2D eigenvalue weighted by Crippen LogP contribution is -2.31. The Labute approximate surface area is 88.4 Å². The van der Waals surface area contributed by atoms with Crippen LogP contribution >= 0.6 is 0 Å². The predicted octanol–water partition coefficient (Wildman–Crippen LogP) is 2.38. The second kappa shape index (κ2) is 6.88. The first-order chi connectivity index (χ1) is 6.86. The molecule has 82 valence electrons. The van der Waals surface area contributed by atoms with E-state index >= 15 is 0 Å². The maximum absolute atomic E-state index is 3.54. The molecule has 1 aliphatic carbocycles. The second-order valence-corrected chi connectivity index (χ2v) is 3.93. The summed E-state index contributed by atoms with van der Waals surface area (Å²) in [5, 5.41) is 3.54. The summed E-state index contributed by atoms with van der Waals surface area (Å²) < 4.78 is 0. The van der Waals surface area contributed by atoms with E-state index in [9.17, 15) is 0 Å². The number of allylic oxidation sites excluding steroid dienone is 2. The first kappa shape index (κ1) is 11.6. The molecule has 0 aromatic rings. The minimum absolute atomic E-state index is 1.10. The summed E-state index contributed by atoms with van der Waals surface area (Å²) in [6.07, 6.45) is 7.64. The lowest BCUT2D eigenvalue weighted by molar-refractivity contribution is 0.305. The Morgan fingerprint density at radius 1 is 1.29 bits per heavy atom. The van der Waals surface area contributed by atoms with Crippen molar-refractivity contribution in [3.63, 3.8) is 0 Å². The number of rotatable bonds is 6. The van der Waals surface area contributed by atoms with Crippen molar-refractivity contribution < 1.29 is 0 Å². The van der Waals surface area contributed by atoms with Crippen molar-refractivity contribution in [1.82, 2.24) is 10.2 Å². The van der Waals surface area contributed by atoms with Crippen LogP contribution in [-0.4, -0.2) is 31.1 Å². The third-order valence-electron chi connectivity index (χ3n) is 2.97. The molecular formula is C12H24N2. The monoisotopic (exact) mass is 196 g/mol. The fourth-order valence-corrected chi connectivity index (χ4v) is 1.91. The van der Waals surface area contributed by atoms with Crippen LogP contribution in [0.25, 0.3) is 0 Å². The van der Waals surface area contributed by atoms with Crippen molar-refractivity contribution in [3.05, 3.63) is 11.8 Å². The zero-order valence-electron chi connectivity index (χ0n) is 9.68. The summed E-state index contributed by atoms with van der Waals surface area (Å²) in [7, 11) is 0. The van der Waals surface area contributed by atoms with Gasteiger partial charge >= 0.3 is 0 Å². The van der Waals surface area contributed by atoms with Crippen molar-refractivity contribution in [2.45, 2.75) is 39.5 Å². The van der Waals surface area contributed by atoms with Crippen LogP contribution in [-0.2, 0) is 0 Å². The highest BCUT2D eigenvalue weighted by atomic mass is 15.1. The fourth-order valence-electron chi connectivity index (χ4n) is 1.91. The van der Waals surface area contributed by atoms with Crippen LogP contribution in [0, 0.1) is 0 Å². The number of likely N-dealkylation sites (N-methyl/N-ethyl adjacent to an activating group) is 1. The molecule has 0 radical (unpaired) electrons. The molecule has 2 heteroatoms. The highest BCUT2D eigenvalue weighted by Crippen LogP contribution is 2.14. The molecule has 0 unspecified atom stereocenters. The molecule has 0 aromatic carbocycles. The normalized spacial score (nSPS) is 16.9. The van der Waals surface area contributed by atoms with E-state index < -0.39 is 0 Å². The number of hydrogen-bond acceptors (Lipinski definition) is 2. The van der Waals surface area contributed by atoms with E-state index in [0.717, 1.165) is 19.6 Å². The van der Waals surface area contributed by atoms with Crippen LogP contribution in [0.4, 0.5) is 0 Å². The molecule has 14 heavy (non-hydrogen) atoms. The first-order valence-electron chi connectivity index (χ1n) is 6.02. The van der Waals surface area contributed by atoms with Crippen LogP contribution in [0.15, 0.2) is 11.8 Å². The van der Waals surface area contributed by atoms with Crippen molar-refractivity contribution in [1.29, 1.82) is 0 Å². The Hall–Kier alpha value is -0.500. The summed E-state index contributed by atoms with van der Waals surface area (Å²) in [6.45, 7) is 9.05. The van der Waals surface area contributed by atoms with Crippen LogP contribution in [0.3, 0.4) is 0 Å². The van der Waals surface area contributed by atoms with Gasteiger partial charge in [0.1, 0.15) is 0 Å². The molecule has 0 bridgehead atoms. The summed E-state index contributed by atoms with van der Waals surface area (Å²) in [4.78, 5) is 2.45. The van der Waals surface area contributed by atoms with Gasteiger partial charge in [0.2, 0.25) is 0 Å². The SMILES string of the molecule is CCN(CC)CCNC1=CCCCC1. The molecule has 1 N–H and O–H groups in total. The van der Waals surface area contributed by atoms with Gasteiger partial charge in [0.25, 0.3) is 0 Å². The molecule has 0 aliphatic heterocycles. The van der Waals surface area contributed by atoms with E-state index in [1.54, 1.807) is 0 Å². The minimum atomic E-state index is 1.10. The van der Waals surface area contributed by atoms with Gasteiger partial charge < -0.3 is 10.2 Å². The van der Waals surface area contributed by atoms with Crippen LogP contribution < -0.4 is 5.32 Å². The third kappa shape index (κ3) is 4.14. The van der Waals surface area contributed by atoms with E-state index in [1.165, 1.54) is 37.9 Å². The molecule has 0 saturated heterocycles. The van der Waals surface area contributed by atoms with Crippen molar-refractivity contribution in [2.75, 3.05) is 26.2 Å². The Balaban J connectivity index is 2.10. The molecule has 1 aliphatic rings. The average molecular weight is 196 g/mol. The Morgan fingerprint density at radius 2 is 2.07 bits per heavy atom. The Morgan fingerprint density at radius 3 is 2.64 bits per heavy atom. The molecule has 0 aromatic heterocycles. The minimum Gasteiger partial charge on any atom is -0.387 e. The van der Waals surface area contributed by atoms with Crippen LogP contribution in [0.5, 0.6) is 0 Å². The van der Waals surface area contributed by atoms with E-state index in [-0.39, 0.29) is 0 Å². The average Bonchev–Trinajstić information content (AvgIpc) is 2.26. The van der Waals surface area contributed by atoms with Crippen LogP contribution in [0.1, 0.15) is 39.5 Å². The molecule has 0 spiro atoms. The maximum Gasteiger partial charge on any atom is 0.0271 e. The quantitative estimate of drug-likeness (QED) is 0.701. The summed E-state index contributed by atoms with van der Waals surface area (Å²) in [5.74, 6) is 0.